The second kappa shape index (κ2) is 7.44. The van der Waals surface area contributed by atoms with E-state index in [9.17, 15) is 4.79 Å². The average molecular weight is 339 g/mol. The highest BCUT2D eigenvalue weighted by Gasteiger charge is 2.23. The van der Waals surface area contributed by atoms with Gasteiger partial charge in [0, 0.05) is 38.4 Å². The summed E-state index contributed by atoms with van der Waals surface area (Å²) in [7, 11) is 1.56. The minimum Gasteiger partial charge on any atom is -0.481 e. The van der Waals surface area contributed by atoms with Crippen LogP contribution in [0.5, 0.6) is 5.88 Å². The molecule has 1 aliphatic rings. The molecular formula is C16H17N7O2. The number of methoxy groups -OCH3 is 1. The quantitative estimate of drug-likeness (QED) is 0.892. The number of hydrogen-bond donors (Lipinski definition) is 1. The van der Waals surface area contributed by atoms with Crippen molar-refractivity contribution in [2.45, 2.75) is 0 Å². The Bertz CT molecular complexity index is 780. The van der Waals surface area contributed by atoms with Gasteiger partial charge in [0.15, 0.2) is 0 Å². The van der Waals surface area contributed by atoms with E-state index in [0.29, 0.717) is 49.4 Å². The van der Waals surface area contributed by atoms with Crippen molar-refractivity contribution in [2.24, 2.45) is 0 Å². The Labute approximate surface area is 144 Å². The molecule has 2 amide bonds. The van der Waals surface area contributed by atoms with Crippen LogP contribution in [0.25, 0.3) is 0 Å². The van der Waals surface area contributed by atoms with Crippen LogP contribution >= 0.6 is 0 Å². The highest BCUT2D eigenvalue weighted by Crippen LogP contribution is 2.15. The molecule has 0 atom stereocenters. The summed E-state index contributed by atoms with van der Waals surface area (Å²) in [5.41, 5.74) is 0.868. The number of pyridine rings is 1. The minimum absolute atomic E-state index is 0.197. The Balaban J connectivity index is 1.56. The molecule has 25 heavy (non-hydrogen) atoms. The van der Waals surface area contributed by atoms with Crippen molar-refractivity contribution >= 4 is 17.7 Å². The van der Waals surface area contributed by atoms with Crippen molar-refractivity contribution in [1.29, 1.82) is 5.26 Å². The second-order valence-corrected chi connectivity index (χ2v) is 5.35. The molecule has 0 spiro atoms. The van der Waals surface area contributed by atoms with E-state index in [-0.39, 0.29) is 6.03 Å². The predicted octanol–water partition coefficient (Wildman–Crippen LogP) is 1.11. The maximum atomic E-state index is 12.3. The predicted molar refractivity (Wildman–Crippen MR) is 90.3 cm³/mol. The minimum atomic E-state index is -0.197. The Morgan fingerprint density at radius 3 is 2.68 bits per heavy atom. The van der Waals surface area contributed by atoms with Gasteiger partial charge in [-0.05, 0) is 12.1 Å². The maximum Gasteiger partial charge on any atom is 0.322 e. The summed E-state index contributed by atoms with van der Waals surface area (Å²) in [6, 6.07) is 6.66. The number of hydrogen-bond acceptors (Lipinski definition) is 7. The van der Waals surface area contributed by atoms with E-state index in [1.165, 1.54) is 6.20 Å². The summed E-state index contributed by atoms with van der Waals surface area (Å²) in [6.07, 6.45) is 3.12. The molecule has 0 saturated carbocycles. The van der Waals surface area contributed by atoms with Gasteiger partial charge in [0.25, 0.3) is 0 Å². The third-order valence-electron chi connectivity index (χ3n) is 3.81. The van der Waals surface area contributed by atoms with Gasteiger partial charge in [0.1, 0.15) is 11.8 Å². The van der Waals surface area contributed by atoms with Crippen molar-refractivity contribution in [2.75, 3.05) is 43.5 Å². The van der Waals surface area contributed by atoms with Gasteiger partial charge >= 0.3 is 6.03 Å². The van der Waals surface area contributed by atoms with Gasteiger partial charge in [-0.2, -0.15) is 10.2 Å². The standard InChI is InChI=1S/C16H17N7O2/c1-25-14-4-5-18-15(21-14)22-6-8-23(9-7-22)16(24)20-13-3-2-12(10-17)19-11-13/h2-5,11H,6-9H2,1H3,(H,20,24). The fraction of sp³-hybridized carbons (Fsp3) is 0.312. The summed E-state index contributed by atoms with van der Waals surface area (Å²) in [5, 5.41) is 11.5. The van der Waals surface area contributed by atoms with Crippen molar-refractivity contribution in [3.63, 3.8) is 0 Å². The molecule has 0 bridgehead atoms. The molecule has 9 heteroatoms. The van der Waals surface area contributed by atoms with Crippen LogP contribution < -0.4 is 15.0 Å². The summed E-state index contributed by atoms with van der Waals surface area (Å²) >= 11 is 0. The number of ether oxygens (including phenoxy) is 1. The largest absolute Gasteiger partial charge is 0.481 e. The third-order valence-corrected chi connectivity index (χ3v) is 3.81. The number of carbonyl (C=O) groups is 1. The Kier molecular flexibility index (Phi) is 4.89. The molecule has 1 aliphatic heterocycles. The Hall–Kier alpha value is -3.41. The zero-order valence-electron chi connectivity index (χ0n) is 13.7. The van der Waals surface area contributed by atoms with Crippen LogP contribution in [-0.4, -0.2) is 59.2 Å². The van der Waals surface area contributed by atoms with Crippen LogP contribution in [0.3, 0.4) is 0 Å². The molecule has 9 nitrogen and oxygen atoms in total. The normalized spacial score (nSPS) is 13.9. The van der Waals surface area contributed by atoms with Crippen LogP contribution in [0, 0.1) is 11.3 Å². The summed E-state index contributed by atoms with van der Waals surface area (Å²) in [4.78, 5) is 28.5. The lowest BCUT2D eigenvalue weighted by atomic mass is 10.3. The first kappa shape index (κ1) is 16.4. The number of nitriles is 1. The second-order valence-electron chi connectivity index (χ2n) is 5.35. The van der Waals surface area contributed by atoms with Crippen molar-refractivity contribution in [3.8, 4) is 11.9 Å². The number of piperazine rings is 1. The molecule has 1 saturated heterocycles. The van der Waals surface area contributed by atoms with Crippen molar-refractivity contribution < 1.29 is 9.53 Å². The zero-order valence-corrected chi connectivity index (χ0v) is 13.7. The molecular weight excluding hydrogens is 322 g/mol. The van der Waals surface area contributed by atoms with Crippen LogP contribution in [0.15, 0.2) is 30.6 Å². The van der Waals surface area contributed by atoms with Crippen LogP contribution in [0.4, 0.5) is 16.4 Å². The molecule has 1 N–H and O–H groups in total. The fourth-order valence-corrected chi connectivity index (χ4v) is 2.44. The number of anilines is 2. The van der Waals surface area contributed by atoms with Gasteiger partial charge in [-0.3, -0.25) is 0 Å². The van der Waals surface area contributed by atoms with E-state index in [2.05, 4.69) is 20.3 Å². The average Bonchev–Trinajstić information content (AvgIpc) is 2.68. The molecule has 0 unspecified atom stereocenters. The van der Waals surface area contributed by atoms with E-state index in [4.69, 9.17) is 10.00 Å². The first-order valence-corrected chi connectivity index (χ1v) is 7.73. The number of urea groups is 1. The number of aromatic nitrogens is 3. The first-order valence-electron chi connectivity index (χ1n) is 7.73. The summed E-state index contributed by atoms with van der Waals surface area (Å²) in [6.45, 7) is 2.37. The fourth-order valence-electron chi connectivity index (χ4n) is 2.44. The summed E-state index contributed by atoms with van der Waals surface area (Å²) in [5.74, 6) is 1.11. The first-order chi connectivity index (χ1) is 12.2. The van der Waals surface area contributed by atoms with Crippen molar-refractivity contribution in [1.82, 2.24) is 19.9 Å². The van der Waals surface area contributed by atoms with Crippen LogP contribution in [0.1, 0.15) is 5.69 Å². The lowest BCUT2D eigenvalue weighted by Crippen LogP contribution is -2.50. The molecule has 3 heterocycles. The molecule has 1 fully saturated rings. The SMILES string of the molecule is COc1ccnc(N2CCN(C(=O)Nc3ccc(C#N)nc3)CC2)n1. The van der Waals surface area contributed by atoms with E-state index < -0.39 is 0 Å². The Morgan fingerprint density at radius 1 is 1.24 bits per heavy atom. The van der Waals surface area contributed by atoms with Gasteiger partial charge in [0.2, 0.25) is 11.8 Å². The molecule has 128 valence electrons. The molecule has 0 aromatic carbocycles. The molecule has 2 aromatic rings. The lowest BCUT2D eigenvalue weighted by Gasteiger charge is -2.34. The molecule has 0 radical (unpaired) electrons. The van der Waals surface area contributed by atoms with Crippen LogP contribution in [0.2, 0.25) is 0 Å². The maximum absolute atomic E-state index is 12.3. The molecule has 0 aliphatic carbocycles. The third kappa shape index (κ3) is 3.92. The monoisotopic (exact) mass is 339 g/mol. The van der Waals surface area contributed by atoms with Crippen LogP contribution in [-0.2, 0) is 0 Å². The van der Waals surface area contributed by atoms with E-state index in [1.54, 1.807) is 36.4 Å². The molecule has 3 rings (SSSR count). The number of carbonyl (C=O) groups excluding carboxylic acids is 1. The Morgan fingerprint density at radius 2 is 2.04 bits per heavy atom. The number of nitrogens with one attached hydrogen (secondary N) is 1. The van der Waals surface area contributed by atoms with Gasteiger partial charge in [-0.1, -0.05) is 0 Å². The number of nitrogens with zero attached hydrogens (tertiary/aromatic N) is 6. The highest BCUT2D eigenvalue weighted by atomic mass is 16.5. The van der Waals surface area contributed by atoms with Gasteiger partial charge in [-0.15, -0.1) is 0 Å². The highest BCUT2D eigenvalue weighted by molar-refractivity contribution is 5.89. The lowest BCUT2D eigenvalue weighted by molar-refractivity contribution is 0.208. The van der Waals surface area contributed by atoms with Gasteiger partial charge in [0.05, 0.1) is 19.0 Å². The van der Waals surface area contributed by atoms with Gasteiger partial charge < -0.3 is 19.9 Å². The smallest absolute Gasteiger partial charge is 0.322 e. The summed E-state index contributed by atoms with van der Waals surface area (Å²) < 4.78 is 5.11. The van der Waals surface area contributed by atoms with E-state index in [1.807, 2.05) is 11.0 Å². The van der Waals surface area contributed by atoms with Gasteiger partial charge in [-0.25, -0.2) is 14.8 Å². The van der Waals surface area contributed by atoms with E-state index >= 15 is 0 Å². The number of rotatable bonds is 3. The van der Waals surface area contributed by atoms with E-state index in [0.717, 1.165) is 0 Å². The number of amides is 2. The topological polar surface area (TPSA) is 107 Å². The van der Waals surface area contributed by atoms with Crippen molar-refractivity contribution in [3.05, 3.63) is 36.3 Å². The molecule has 2 aromatic heterocycles. The zero-order chi connectivity index (χ0) is 17.6.